The summed E-state index contributed by atoms with van der Waals surface area (Å²) in [6.45, 7) is 5.37. The van der Waals surface area contributed by atoms with E-state index in [1.165, 1.54) is 37.9 Å². The molecule has 0 N–H and O–H groups in total. The number of piperidine rings is 1. The predicted octanol–water partition coefficient (Wildman–Crippen LogP) is 8.45. The summed E-state index contributed by atoms with van der Waals surface area (Å²) in [6.07, 6.45) is 3.97. The maximum Gasteiger partial charge on any atom is 0.119 e. The highest BCUT2D eigenvalue weighted by atomic mass is 35.5. The number of hydrogen-bond donors (Lipinski definition) is 0. The number of hydrogen-bond acceptors (Lipinski definition) is 3. The minimum Gasteiger partial charge on any atom is -0.492 e. The Morgan fingerprint density at radius 2 is 1.32 bits per heavy atom. The minimum absolute atomic E-state index is 0.541. The zero-order chi connectivity index (χ0) is 27.1. The van der Waals surface area contributed by atoms with Crippen LogP contribution in [0, 0.1) is 0 Å². The lowest BCUT2D eigenvalue weighted by atomic mass is 10.1. The summed E-state index contributed by atoms with van der Waals surface area (Å²) in [5.41, 5.74) is 5.54. The van der Waals surface area contributed by atoms with Gasteiger partial charge in [-0.2, -0.15) is 0 Å². The van der Waals surface area contributed by atoms with Crippen molar-refractivity contribution in [2.24, 2.45) is 0 Å². The van der Waals surface area contributed by atoms with Crippen molar-refractivity contribution < 1.29 is 9.47 Å². The van der Waals surface area contributed by atoms with Gasteiger partial charge in [0.15, 0.2) is 0 Å². The van der Waals surface area contributed by atoms with Crippen LogP contribution < -0.4 is 9.47 Å². The second-order valence-corrected chi connectivity index (χ2v) is 10.8. The number of ether oxygens (including phenoxy) is 2. The van der Waals surface area contributed by atoms with Gasteiger partial charge in [0.2, 0.25) is 0 Å². The molecule has 0 radical (unpaired) electrons. The zero-order valence-corrected chi connectivity index (χ0v) is 23.5. The van der Waals surface area contributed by atoms with E-state index in [0.717, 1.165) is 57.4 Å². The molecule has 5 aromatic rings. The lowest BCUT2D eigenvalue weighted by Gasteiger charge is -2.26. The first-order chi connectivity index (χ1) is 19.7. The molecule has 1 fully saturated rings. The standard InChI is InChI=1S/C35H35ClN2O2/c36-34-32-11-5-6-12-33(32)38(25-27-13-17-30(18-14-27)39-24-23-37-21-7-2-8-22-37)35(34)29-15-19-31(20-16-29)40-26-28-9-3-1-4-10-28/h1,3-6,9-20H,2,7-8,21-26H2. The summed E-state index contributed by atoms with van der Waals surface area (Å²) < 4.78 is 14.4. The van der Waals surface area contributed by atoms with E-state index in [0.29, 0.717) is 13.2 Å². The topological polar surface area (TPSA) is 26.6 Å². The van der Waals surface area contributed by atoms with Gasteiger partial charge in [-0.25, -0.2) is 0 Å². The van der Waals surface area contributed by atoms with Crippen LogP contribution >= 0.6 is 11.6 Å². The fourth-order valence-corrected chi connectivity index (χ4v) is 5.88. The number of rotatable bonds is 10. The van der Waals surface area contributed by atoms with Gasteiger partial charge in [-0.05, 0) is 85.1 Å². The van der Waals surface area contributed by atoms with Gasteiger partial charge in [0, 0.05) is 18.5 Å². The molecule has 6 rings (SSSR count). The molecular formula is C35H35ClN2O2. The van der Waals surface area contributed by atoms with Crippen molar-refractivity contribution >= 4 is 22.5 Å². The fourth-order valence-electron chi connectivity index (χ4n) is 5.51. The van der Waals surface area contributed by atoms with Crippen LogP contribution in [0.3, 0.4) is 0 Å². The van der Waals surface area contributed by atoms with Crippen LogP contribution in [0.5, 0.6) is 11.5 Å². The molecule has 1 saturated heterocycles. The third-order valence-electron chi connectivity index (χ3n) is 7.67. The fraction of sp³-hybridized carbons (Fsp3) is 0.257. The molecule has 4 nitrogen and oxygen atoms in total. The predicted molar refractivity (Wildman–Crippen MR) is 164 cm³/mol. The lowest BCUT2D eigenvalue weighted by Crippen LogP contribution is -2.33. The van der Waals surface area contributed by atoms with Crippen molar-refractivity contribution in [3.8, 4) is 22.8 Å². The maximum atomic E-state index is 7.01. The largest absolute Gasteiger partial charge is 0.492 e. The molecule has 1 aromatic heterocycles. The van der Waals surface area contributed by atoms with Crippen LogP contribution in [0.4, 0.5) is 0 Å². The third-order valence-corrected chi connectivity index (χ3v) is 8.06. The van der Waals surface area contributed by atoms with E-state index < -0.39 is 0 Å². The smallest absolute Gasteiger partial charge is 0.119 e. The molecule has 0 atom stereocenters. The molecule has 5 heteroatoms. The van der Waals surface area contributed by atoms with Crippen molar-refractivity contribution in [3.05, 3.63) is 119 Å². The molecule has 204 valence electrons. The van der Waals surface area contributed by atoms with Crippen LogP contribution in [0.2, 0.25) is 5.02 Å². The molecule has 0 amide bonds. The Balaban J connectivity index is 1.18. The monoisotopic (exact) mass is 550 g/mol. The molecule has 0 bridgehead atoms. The summed E-state index contributed by atoms with van der Waals surface area (Å²) in [5, 5.41) is 1.83. The SMILES string of the molecule is Clc1c(-c2ccc(OCc3ccccc3)cc2)n(Cc2ccc(OCCN3CCCCC3)cc2)c2ccccc12. The van der Waals surface area contributed by atoms with Crippen molar-refractivity contribution in [2.75, 3.05) is 26.2 Å². The highest BCUT2D eigenvalue weighted by Gasteiger charge is 2.18. The van der Waals surface area contributed by atoms with E-state index in [9.17, 15) is 0 Å². The van der Waals surface area contributed by atoms with Gasteiger partial charge in [-0.1, -0.05) is 78.7 Å². The Morgan fingerprint density at radius 1 is 0.650 bits per heavy atom. The van der Waals surface area contributed by atoms with Crippen molar-refractivity contribution in [1.29, 1.82) is 0 Å². The molecule has 1 aliphatic heterocycles. The Hall–Kier alpha value is -3.73. The highest BCUT2D eigenvalue weighted by molar-refractivity contribution is 6.38. The molecule has 4 aromatic carbocycles. The van der Waals surface area contributed by atoms with Gasteiger partial charge in [0.05, 0.1) is 16.2 Å². The second kappa shape index (κ2) is 12.6. The average molecular weight is 551 g/mol. The molecule has 0 aliphatic carbocycles. The Morgan fingerprint density at radius 3 is 2.10 bits per heavy atom. The normalized spacial score (nSPS) is 13.9. The summed E-state index contributed by atoms with van der Waals surface area (Å²) in [4.78, 5) is 2.50. The molecule has 0 saturated carbocycles. The first-order valence-corrected chi connectivity index (χ1v) is 14.6. The van der Waals surface area contributed by atoms with E-state index >= 15 is 0 Å². The zero-order valence-electron chi connectivity index (χ0n) is 22.8. The van der Waals surface area contributed by atoms with E-state index in [1.807, 2.05) is 36.4 Å². The molecule has 0 unspecified atom stereocenters. The first-order valence-electron chi connectivity index (χ1n) is 14.2. The molecule has 0 spiro atoms. The summed E-state index contributed by atoms with van der Waals surface area (Å²) >= 11 is 7.01. The molecule has 1 aliphatic rings. The van der Waals surface area contributed by atoms with Gasteiger partial charge < -0.3 is 14.0 Å². The number of nitrogens with zero attached hydrogens (tertiary/aromatic N) is 2. The number of halogens is 1. The number of aromatic nitrogens is 1. The van der Waals surface area contributed by atoms with Gasteiger partial charge in [0.25, 0.3) is 0 Å². The van der Waals surface area contributed by atoms with Crippen molar-refractivity contribution in [2.45, 2.75) is 32.4 Å². The van der Waals surface area contributed by atoms with Crippen LogP contribution in [0.1, 0.15) is 30.4 Å². The Kier molecular flexibility index (Phi) is 8.36. The van der Waals surface area contributed by atoms with Gasteiger partial charge in [-0.3, -0.25) is 4.90 Å². The van der Waals surface area contributed by atoms with E-state index in [2.05, 4.69) is 76.2 Å². The van der Waals surface area contributed by atoms with Gasteiger partial charge in [0.1, 0.15) is 24.7 Å². The van der Waals surface area contributed by atoms with Gasteiger partial charge in [-0.15, -0.1) is 0 Å². The van der Waals surface area contributed by atoms with E-state index in [4.69, 9.17) is 21.1 Å². The number of para-hydroxylation sites is 1. The minimum atomic E-state index is 0.541. The van der Waals surface area contributed by atoms with E-state index in [-0.39, 0.29) is 0 Å². The van der Waals surface area contributed by atoms with Crippen LogP contribution in [0.15, 0.2) is 103 Å². The number of likely N-dealkylation sites (tertiary alicyclic amines) is 1. The third kappa shape index (κ3) is 6.19. The van der Waals surface area contributed by atoms with Crippen LogP contribution in [-0.2, 0) is 13.2 Å². The Labute approximate surface area is 241 Å². The van der Waals surface area contributed by atoms with Crippen LogP contribution in [-0.4, -0.2) is 35.7 Å². The maximum absolute atomic E-state index is 7.01. The molecule has 2 heterocycles. The Bertz CT molecular complexity index is 1520. The van der Waals surface area contributed by atoms with Crippen molar-refractivity contribution in [3.63, 3.8) is 0 Å². The average Bonchev–Trinajstić information content (AvgIpc) is 3.29. The number of fused-ring (bicyclic) bond motifs is 1. The highest BCUT2D eigenvalue weighted by Crippen LogP contribution is 2.38. The lowest BCUT2D eigenvalue weighted by molar-refractivity contribution is 0.183. The van der Waals surface area contributed by atoms with Crippen LogP contribution in [0.25, 0.3) is 22.2 Å². The summed E-state index contributed by atoms with van der Waals surface area (Å²) in [7, 11) is 0. The molecular weight excluding hydrogens is 516 g/mol. The van der Waals surface area contributed by atoms with Crippen molar-refractivity contribution in [1.82, 2.24) is 9.47 Å². The first kappa shape index (κ1) is 26.5. The van der Waals surface area contributed by atoms with E-state index in [1.54, 1.807) is 0 Å². The van der Waals surface area contributed by atoms with Gasteiger partial charge >= 0.3 is 0 Å². The summed E-state index contributed by atoms with van der Waals surface area (Å²) in [6, 6.07) is 35.3. The molecule has 40 heavy (non-hydrogen) atoms. The quantitative estimate of drug-likeness (QED) is 0.174. The second-order valence-electron chi connectivity index (χ2n) is 10.5. The number of benzene rings is 4. The summed E-state index contributed by atoms with van der Waals surface area (Å²) in [5.74, 6) is 1.75.